The summed E-state index contributed by atoms with van der Waals surface area (Å²) in [7, 11) is 2.15. The Morgan fingerprint density at radius 1 is 1.12 bits per heavy atom. The Morgan fingerprint density at radius 3 is 2.42 bits per heavy atom. The lowest BCUT2D eigenvalue weighted by Crippen LogP contribution is -2.44. The molecular weight excluding hydrogens is 330 g/mol. The van der Waals surface area contributed by atoms with Crippen LogP contribution in [0.4, 0.5) is 28.8 Å². The van der Waals surface area contributed by atoms with Crippen molar-refractivity contribution in [3.63, 3.8) is 0 Å². The van der Waals surface area contributed by atoms with E-state index in [4.69, 9.17) is 0 Å². The second-order valence-corrected chi connectivity index (χ2v) is 6.78. The SMILES string of the molecule is CC(C)Nc1nc(Nc2ccc(N3CCN(C)CC3)cc2)ncc1N=O. The third-order valence-electron chi connectivity index (χ3n) is 4.29. The number of nitroso groups, excluding NO2 is 1. The van der Waals surface area contributed by atoms with E-state index < -0.39 is 0 Å². The zero-order valence-corrected chi connectivity index (χ0v) is 15.4. The molecule has 3 rings (SSSR count). The molecule has 1 fully saturated rings. The molecule has 26 heavy (non-hydrogen) atoms. The number of piperazine rings is 1. The normalized spacial score (nSPS) is 15.2. The Labute approximate surface area is 153 Å². The number of aromatic nitrogens is 2. The van der Waals surface area contributed by atoms with Gasteiger partial charge in [-0.05, 0) is 50.3 Å². The van der Waals surface area contributed by atoms with Gasteiger partial charge in [-0.15, -0.1) is 4.91 Å². The lowest BCUT2D eigenvalue weighted by molar-refractivity contribution is 0.313. The Morgan fingerprint density at radius 2 is 1.81 bits per heavy atom. The highest BCUT2D eigenvalue weighted by atomic mass is 16.3. The van der Waals surface area contributed by atoms with Gasteiger partial charge in [-0.25, -0.2) is 4.98 Å². The molecule has 2 heterocycles. The molecule has 2 aromatic rings. The molecule has 0 radical (unpaired) electrons. The van der Waals surface area contributed by atoms with Crippen LogP contribution in [0.5, 0.6) is 0 Å². The summed E-state index contributed by atoms with van der Waals surface area (Å²) in [5, 5.41) is 9.25. The number of rotatable bonds is 6. The Balaban J connectivity index is 1.70. The average Bonchev–Trinajstić information content (AvgIpc) is 2.63. The summed E-state index contributed by atoms with van der Waals surface area (Å²) in [5.74, 6) is 0.856. The number of nitrogens with zero attached hydrogens (tertiary/aromatic N) is 5. The van der Waals surface area contributed by atoms with Gasteiger partial charge in [0.05, 0.1) is 6.20 Å². The van der Waals surface area contributed by atoms with Crippen molar-refractivity contribution in [3.8, 4) is 0 Å². The van der Waals surface area contributed by atoms with E-state index in [0.717, 1.165) is 31.9 Å². The van der Waals surface area contributed by atoms with Crippen molar-refractivity contribution in [3.05, 3.63) is 35.4 Å². The third kappa shape index (κ3) is 4.45. The first kappa shape index (κ1) is 18.1. The van der Waals surface area contributed by atoms with Crippen LogP contribution in [-0.4, -0.2) is 54.1 Å². The lowest BCUT2D eigenvalue weighted by atomic mass is 10.2. The maximum atomic E-state index is 10.9. The van der Waals surface area contributed by atoms with Crippen molar-refractivity contribution in [1.82, 2.24) is 14.9 Å². The molecule has 138 valence electrons. The van der Waals surface area contributed by atoms with Gasteiger partial charge in [-0.2, -0.15) is 4.98 Å². The summed E-state index contributed by atoms with van der Waals surface area (Å²) in [6.07, 6.45) is 1.42. The van der Waals surface area contributed by atoms with Gasteiger partial charge in [0, 0.05) is 43.6 Å². The maximum absolute atomic E-state index is 10.9. The maximum Gasteiger partial charge on any atom is 0.229 e. The summed E-state index contributed by atoms with van der Waals surface area (Å²) in [4.78, 5) is 24.1. The lowest BCUT2D eigenvalue weighted by Gasteiger charge is -2.34. The molecular formula is C18H25N7O. The predicted molar refractivity (Wildman–Crippen MR) is 106 cm³/mol. The van der Waals surface area contributed by atoms with Crippen LogP contribution in [0.15, 0.2) is 35.6 Å². The van der Waals surface area contributed by atoms with E-state index in [9.17, 15) is 4.91 Å². The van der Waals surface area contributed by atoms with Gasteiger partial charge in [0.2, 0.25) is 5.95 Å². The largest absolute Gasteiger partial charge is 0.369 e. The topological polar surface area (TPSA) is 85.8 Å². The Hall–Kier alpha value is -2.74. The van der Waals surface area contributed by atoms with E-state index in [1.54, 1.807) is 0 Å². The van der Waals surface area contributed by atoms with E-state index in [2.05, 4.69) is 54.8 Å². The number of hydrogen-bond donors (Lipinski definition) is 2. The first-order valence-electron chi connectivity index (χ1n) is 8.82. The van der Waals surface area contributed by atoms with Crippen molar-refractivity contribution in [2.75, 3.05) is 48.8 Å². The Kier molecular flexibility index (Phi) is 5.62. The van der Waals surface area contributed by atoms with Gasteiger partial charge in [-0.3, -0.25) is 0 Å². The summed E-state index contributed by atoms with van der Waals surface area (Å²) < 4.78 is 0. The van der Waals surface area contributed by atoms with Crippen LogP contribution in [0.25, 0.3) is 0 Å². The van der Waals surface area contributed by atoms with Gasteiger partial charge in [-0.1, -0.05) is 0 Å². The molecule has 1 aliphatic rings. The standard InChI is InChI=1S/C18H25N7O/c1-13(2)20-17-16(23-26)12-19-18(22-17)21-14-4-6-15(7-5-14)25-10-8-24(3)9-11-25/h4-7,12-13H,8-11H2,1-3H3,(H2,19,20,21,22). The van der Waals surface area contributed by atoms with Crippen molar-refractivity contribution < 1.29 is 0 Å². The monoisotopic (exact) mass is 355 g/mol. The zero-order chi connectivity index (χ0) is 18.5. The first-order valence-corrected chi connectivity index (χ1v) is 8.82. The van der Waals surface area contributed by atoms with Gasteiger partial charge in [0.25, 0.3) is 0 Å². The number of hydrogen-bond acceptors (Lipinski definition) is 8. The molecule has 0 amide bonds. The van der Waals surface area contributed by atoms with Crippen LogP contribution in [-0.2, 0) is 0 Å². The number of nitrogens with one attached hydrogen (secondary N) is 2. The predicted octanol–water partition coefficient (Wildman–Crippen LogP) is 3.19. The second kappa shape index (κ2) is 8.09. The molecule has 0 aliphatic carbocycles. The molecule has 0 bridgehead atoms. The number of likely N-dealkylation sites (N-methyl/N-ethyl adjacent to an activating group) is 1. The minimum absolute atomic E-state index is 0.140. The molecule has 1 saturated heterocycles. The molecule has 0 saturated carbocycles. The fourth-order valence-corrected chi connectivity index (χ4v) is 2.83. The minimum atomic E-state index is 0.140. The van der Waals surface area contributed by atoms with Gasteiger partial charge >= 0.3 is 0 Å². The van der Waals surface area contributed by atoms with Crippen molar-refractivity contribution >= 4 is 28.8 Å². The number of anilines is 4. The minimum Gasteiger partial charge on any atom is -0.369 e. The number of benzene rings is 1. The van der Waals surface area contributed by atoms with Crippen molar-refractivity contribution in [2.24, 2.45) is 5.18 Å². The van der Waals surface area contributed by atoms with Crippen LogP contribution in [0, 0.1) is 4.91 Å². The summed E-state index contributed by atoms with van der Waals surface area (Å²) in [5.41, 5.74) is 2.31. The molecule has 1 aromatic heterocycles. The average molecular weight is 355 g/mol. The Bertz CT molecular complexity index is 740. The fourth-order valence-electron chi connectivity index (χ4n) is 2.83. The van der Waals surface area contributed by atoms with Crippen molar-refractivity contribution in [2.45, 2.75) is 19.9 Å². The third-order valence-corrected chi connectivity index (χ3v) is 4.29. The van der Waals surface area contributed by atoms with Crippen LogP contribution in [0.1, 0.15) is 13.8 Å². The van der Waals surface area contributed by atoms with Crippen molar-refractivity contribution in [1.29, 1.82) is 0 Å². The van der Waals surface area contributed by atoms with E-state index in [-0.39, 0.29) is 11.7 Å². The fraction of sp³-hybridized carbons (Fsp3) is 0.444. The molecule has 0 unspecified atom stereocenters. The van der Waals surface area contributed by atoms with Crippen LogP contribution >= 0.6 is 0 Å². The molecule has 1 aromatic carbocycles. The van der Waals surface area contributed by atoms with E-state index in [0.29, 0.717) is 11.8 Å². The summed E-state index contributed by atoms with van der Waals surface area (Å²) in [6.45, 7) is 8.18. The van der Waals surface area contributed by atoms with Crippen LogP contribution < -0.4 is 15.5 Å². The molecule has 0 spiro atoms. The zero-order valence-electron chi connectivity index (χ0n) is 15.4. The molecule has 0 atom stereocenters. The smallest absolute Gasteiger partial charge is 0.229 e. The van der Waals surface area contributed by atoms with Crippen LogP contribution in [0.3, 0.4) is 0 Å². The molecule has 1 aliphatic heterocycles. The molecule has 8 nitrogen and oxygen atoms in total. The van der Waals surface area contributed by atoms with Crippen LogP contribution in [0.2, 0.25) is 0 Å². The first-order chi connectivity index (χ1) is 12.5. The molecule has 2 N–H and O–H groups in total. The van der Waals surface area contributed by atoms with E-state index in [1.165, 1.54) is 11.9 Å². The highest BCUT2D eigenvalue weighted by Crippen LogP contribution is 2.25. The summed E-state index contributed by atoms with van der Waals surface area (Å²) in [6, 6.07) is 8.36. The highest BCUT2D eigenvalue weighted by Gasteiger charge is 2.14. The van der Waals surface area contributed by atoms with E-state index in [1.807, 2.05) is 26.0 Å². The quantitative estimate of drug-likeness (QED) is 0.770. The highest BCUT2D eigenvalue weighted by molar-refractivity contribution is 5.64. The van der Waals surface area contributed by atoms with E-state index >= 15 is 0 Å². The van der Waals surface area contributed by atoms with Gasteiger partial charge in [0.15, 0.2) is 11.5 Å². The summed E-state index contributed by atoms with van der Waals surface area (Å²) >= 11 is 0. The molecule has 8 heteroatoms. The van der Waals surface area contributed by atoms with Gasteiger partial charge in [0.1, 0.15) is 0 Å². The second-order valence-electron chi connectivity index (χ2n) is 6.78. The van der Waals surface area contributed by atoms with Gasteiger partial charge < -0.3 is 20.4 Å².